The van der Waals surface area contributed by atoms with E-state index in [0.717, 1.165) is 12.1 Å². The number of carbonyl (C=O) groups excluding carboxylic acids is 1. The lowest BCUT2D eigenvalue weighted by Gasteiger charge is -2.08. The molecule has 1 aromatic rings. The van der Waals surface area contributed by atoms with Crippen LogP contribution in [0.4, 0.5) is 0 Å². The molecule has 3 nitrogen and oxygen atoms in total. The van der Waals surface area contributed by atoms with Crippen molar-refractivity contribution in [2.45, 2.75) is 12.6 Å². The maximum atomic E-state index is 11.3. The fraction of sp³-hybridized carbons (Fsp3) is 0.300. The molecule has 2 rings (SSSR count). The highest BCUT2D eigenvalue weighted by Gasteiger charge is 2.27. The van der Waals surface area contributed by atoms with Crippen LogP contribution in [0.1, 0.15) is 17.2 Å². The largest absolute Gasteiger partial charge is 0.468 e. The summed E-state index contributed by atoms with van der Waals surface area (Å²) in [5.74, 6) is -0.218. The molecule has 4 heteroatoms. The molecule has 1 heterocycles. The Kier molecular flexibility index (Phi) is 3.49. The van der Waals surface area contributed by atoms with E-state index in [0.29, 0.717) is 0 Å². The van der Waals surface area contributed by atoms with Gasteiger partial charge in [0.25, 0.3) is 0 Å². The van der Waals surface area contributed by atoms with Crippen molar-refractivity contribution in [3.05, 3.63) is 35.4 Å². The summed E-state index contributed by atoms with van der Waals surface area (Å²) in [6.45, 7) is 0.746. The summed E-state index contributed by atoms with van der Waals surface area (Å²) in [7, 11) is 1.41. The molecular formula is C10H12ClNO2. The number of fused-ring (bicyclic) bond motifs is 1. The number of nitrogens with one attached hydrogen (secondary N) is 1. The number of hydrogen-bond acceptors (Lipinski definition) is 3. The van der Waals surface area contributed by atoms with Crippen LogP contribution in [-0.2, 0) is 16.1 Å². The summed E-state index contributed by atoms with van der Waals surface area (Å²) in [5, 5.41) is 3.10. The van der Waals surface area contributed by atoms with E-state index in [9.17, 15) is 4.79 Å². The van der Waals surface area contributed by atoms with Crippen LogP contribution in [0.25, 0.3) is 0 Å². The second-order valence-electron chi connectivity index (χ2n) is 3.04. The minimum absolute atomic E-state index is 0. The van der Waals surface area contributed by atoms with Crippen molar-refractivity contribution in [2.24, 2.45) is 0 Å². The SMILES string of the molecule is COC(=O)[C@@H]1NCc2ccccc21.Cl. The van der Waals surface area contributed by atoms with E-state index in [1.807, 2.05) is 24.3 Å². The molecule has 1 aromatic carbocycles. The maximum absolute atomic E-state index is 11.3. The minimum atomic E-state index is -0.277. The molecule has 1 aliphatic rings. The van der Waals surface area contributed by atoms with Gasteiger partial charge in [0.05, 0.1) is 7.11 Å². The lowest BCUT2D eigenvalue weighted by molar-refractivity contribution is -0.143. The highest BCUT2D eigenvalue weighted by molar-refractivity contribution is 5.85. The molecule has 0 aromatic heterocycles. The molecule has 0 saturated carbocycles. The molecule has 0 unspecified atom stereocenters. The van der Waals surface area contributed by atoms with Crippen molar-refractivity contribution in [1.82, 2.24) is 5.32 Å². The number of hydrogen-bond donors (Lipinski definition) is 1. The van der Waals surface area contributed by atoms with Gasteiger partial charge >= 0.3 is 5.97 Å². The van der Waals surface area contributed by atoms with Crippen molar-refractivity contribution >= 4 is 18.4 Å². The number of rotatable bonds is 1. The van der Waals surface area contributed by atoms with Gasteiger partial charge in [-0.2, -0.15) is 0 Å². The predicted molar refractivity (Wildman–Crippen MR) is 55.3 cm³/mol. The molecular weight excluding hydrogens is 202 g/mol. The fourth-order valence-electron chi connectivity index (χ4n) is 1.63. The lowest BCUT2D eigenvalue weighted by Crippen LogP contribution is -2.22. The Balaban J connectivity index is 0.000000980. The van der Waals surface area contributed by atoms with Gasteiger partial charge in [-0.3, -0.25) is 5.32 Å². The Morgan fingerprint density at radius 3 is 2.93 bits per heavy atom. The van der Waals surface area contributed by atoms with Gasteiger partial charge in [0.15, 0.2) is 0 Å². The van der Waals surface area contributed by atoms with Crippen LogP contribution in [-0.4, -0.2) is 13.1 Å². The summed E-state index contributed by atoms with van der Waals surface area (Å²) in [6, 6.07) is 7.60. The summed E-state index contributed by atoms with van der Waals surface area (Å²) < 4.78 is 4.69. The van der Waals surface area contributed by atoms with E-state index in [-0.39, 0.29) is 24.4 Å². The van der Waals surface area contributed by atoms with Gasteiger partial charge in [0, 0.05) is 6.54 Å². The van der Waals surface area contributed by atoms with Crippen LogP contribution in [0.5, 0.6) is 0 Å². The van der Waals surface area contributed by atoms with E-state index in [1.54, 1.807) is 0 Å². The molecule has 0 radical (unpaired) electrons. The number of carbonyl (C=O) groups is 1. The zero-order valence-electron chi connectivity index (χ0n) is 7.82. The fourth-order valence-corrected chi connectivity index (χ4v) is 1.63. The summed E-state index contributed by atoms with van der Waals surface area (Å²) in [6.07, 6.45) is 0. The van der Waals surface area contributed by atoms with E-state index >= 15 is 0 Å². The van der Waals surface area contributed by atoms with Crippen LogP contribution >= 0.6 is 12.4 Å². The van der Waals surface area contributed by atoms with E-state index in [2.05, 4.69) is 10.1 Å². The lowest BCUT2D eigenvalue weighted by atomic mass is 10.1. The van der Waals surface area contributed by atoms with Gasteiger partial charge in [-0.25, -0.2) is 4.79 Å². The number of halogens is 1. The molecule has 0 aliphatic carbocycles. The van der Waals surface area contributed by atoms with Gasteiger partial charge in [-0.15, -0.1) is 12.4 Å². The highest BCUT2D eigenvalue weighted by Crippen LogP contribution is 2.25. The molecule has 1 atom stereocenters. The zero-order valence-corrected chi connectivity index (χ0v) is 8.64. The first kappa shape index (κ1) is 11.0. The Morgan fingerprint density at radius 1 is 1.50 bits per heavy atom. The van der Waals surface area contributed by atoms with Crippen LogP contribution in [0, 0.1) is 0 Å². The molecule has 0 fully saturated rings. The minimum Gasteiger partial charge on any atom is -0.468 e. The summed E-state index contributed by atoms with van der Waals surface area (Å²) >= 11 is 0. The molecule has 0 saturated heterocycles. The predicted octanol–water partition coefficient (Wildman–Crippen LogP) is 1.43. The average Bonchev–Trinajstić information content (AvgIpc) is 2.60. The third-order valence-electron chi connectivity index (χ3n) is 2.30. The molecule has 0 spiro atoms. The third-order valence-corrected chi connectivity index (χ3v) is 2.30. The normalized spacial score (nSPS) is 18.2. The standard InChI is InChI=1S/C10H11NO2.ClH/c1-13-10(12)9-8-5-3-2-4-7(8)6-11-9;/h2-5,9,11H,6H2,1H3;1H/t9-;/m1./s1. The average molecular weight is 214 g/mol. The Bertz CT molecular complexity index is 341. The van der Waals surface area contributed by atoms with Gasteiger partial charge in [-0.05, 0) is 11.1 Å². The van der Waals surface area contributed by atoms with Gasteiger partial charge in [0.2, 0.25) is 0 Å². The topological polar surface area (TPSA) is 38.3 Å². The molecule has 0 bridgehead atoms. The molecule has 76 valence electrons. The van der Waals surface area contributed by atoms with E-state index < -0.39 is 0 Å². The number of esters is 1. The quantitative estimate of drug-likeness (QED) is 0.718. The monoisotopic (exact) mass is 213 g/mol. The number of methoxy groups -OCH3 is 1. The second kappa shape index (κ2) is 4.44. The Labute approximate surface area is 88.9 Å². The van der Waals surface area contributed by atoms with Crippen molar-refractivity contribution in [1.29, 1.82) is 0 Å². The molecule has 1 N–H and O–H groups in total. The van der Waals surface area contributed by atoms with Crippen molar-refractivity contribution in [3.8, 4) is 0 Å². The van der Waals surface area contributed by atoms with Crippen molar-refractivity contribution < 1.29 is 9.53 Å². The van der Waals surface area contributed by atoms with Crippen LogP contribution in [0.3, 0.4) is 0 Å². The van der Waals surface area contributed by atoms with Crippen LogP contribution in [0.15, 0.2) is 24.3 Å². The maximum Gasteiger partial charge on any atom is 0.327 e. The Morgan fingerprint density at radius 2 is 2.21 bits per heavy atom. The van der Waals surface area contributed by atoms with Gasteiger partial charge in [0.1, 0.15) is 6.04 Å². The van der Waals surface area contributed by atoms with Gasteiger partial charge in [-0.1, -0.05) is 24.3 Å². The van der Waals surface area contributed by atoms with Gasteiger partial charge < -0.3 is 4.74 Å². The number of benzene rings is 1. The Hall–Kier alpha value is -1.06. The first-order valence-electron chi connectivity index (χ1n) is 4.22. The summed E-state index contributed by atoms with van der Waals surface area (Å²) in [4.78, 5) is 11.3. The zero-order chi connectivity index (χ0) is 9.26. The van der Waals surface area contributed by atoms with Crippen molar-refractivity contribution in [3.63, 3.8) is 0 Å². The summed E-state index contributed by atoms with van der Waals surface area (Å²) in [5.41, 5.74) is 2.22. The third kappa shape index (κ3) is 1.74. The first-order valence-corrected chi connectivity index (χ1v) is 4.22. The molecule has 0 amide bonds. The van der Waals surface area contributed by atoms with E-state index in [4.69, 9.17) is 0 Å². The smallest absolute Gasteiger partial charge is 0.327 e. The van der Waals surface area contributed by atoms with Crippen LogP contribution < -0.4 is 5.32 Å². The molecule has 14 heavy (non-hydrogen) atoms. The number of ether oxygens (including phenoxy) is 1. The van der Waals surface area contributed by atoms with Crippen molar-refractivity contribution in [2.75, 3.05) is 7.11 Å². The first-order chi connectivity index (χ1) is 6.33. The molecule has 1 aliphatic heterocycles. The van der Waals surface area contributed by atoms with E-state index in [1.165, 1.54) is 12.7 Å². The highest BCUT2D eigenvalue weighted by atomic mass is 35.5. The van der Waals surface area contributed by atoms with Crippen LogP contribution in [0.2, 0.25) is 0 Å². The second-order valence-corrected chi connectivity index (χ2v) is 3.04.